The van der Waals surface area contributed by atoms with E-state index in [0.29, 0.717) is 19.1 Å². The predicted molar refractivity (Wildman–Crippen MR) is 95.3 cm³/mol. The van der Waals surface area contributed by atoms with Crippen molar-refractivity contribution in [2.75, 3.05) is 39.4 Å². The molecule has 4 heterocycles. The summed E-state index contributed by atoms with van der Waals surface area (Å²) < 4.78 is 71.5. The predicted octanol–water partition coefficient (Wildman–Crippen LogP) is 2.20. The van der Waals surface area contributed by atoms with Gasteiger partial charge < -0.3 is 4.74 Å². The molecule has 1 aromatic heterocycles. The summed E-state index contributed by atoms with van der Waals surface area (Å²) in [5, 5.41) is 0. The van der Waals surface area contributed by atoms with E-state index >= 15 is 0 Å². The molecule has 0 radical (unpaired) electrons. The van der Waals surface area contributed by atoms with Crippen LogP contribution in [0, 0.1) is 19.3 Å². The molecule has 1 spiro atoms. The normalized spacial score (nSPS) is 24.2. The topological polar surface area (TPSA) is 62.7 Å². The summed E-state index contributed by atoms with van der Waals surface area (Å²) in [4.78, 5) is 5.80. The Morgan fingerprint density at radius 3 is 2.29 bits per heavy atom. The summed E-state index contributed by atoms with van der Waals surface area (Å²) in [6.45, 7) is 6.81. The first-order valence-electron chi connectivity index (χ1n) is 9.39. The maximum Gasteiger partial charge on any atom is 0.433 e. The Morgan fingerprint density at radius 1 is 1.14 bits per heavy atom. The number of pyridine rings is 1. The van der Waals surface area contributed by atoms with Gasteiger partial charge in [0.2, 0.25) is 10.0 Å². The number of likely N-dealkylation sites (tertiary alicyclic amines) is 1. The lowest BCUT2D eigenvalue weighted by Crippen LogP contribution is -2.74. The van der Waals surface area contributed by atoms with Crippen LogP contribution in [-0.2, 0) is 20.9 Å². The highest BCUT2D eigenvalue weighted by Crippen LogP contribution is 2.44. The van der Waals surface area contributed by atoms with Crippen LogP contribution in [0.5, 0.6) is 0 Å². The van der Waals surface area contributed by atoms with Crippen molar-refractivity contribution in [1.29, 1.82) is 0 Å². The number of sulfonamides is 1. The van der Waals surface area contributed by atoms with Crippen molar-refractivity contribution in [3.05, 3.63) is 23.0 Å². The lowest BCUT2D eigenvalue weighted by molar-refractivity contribution is -0.141. The van der Waals surface area contributed by atoms with Gasteiger partial charge in [0.15, 0.2) is 0 Å². The van der Waals surface area contributed by atoms with Gasteiger partial charge in [0.1, 0.15) is 10.6 Å². The maximum absolute atomic E-state index is 13.0. The molecule has 1 aromatic rings. The third kappa shape index (κ3) is 3.34. The first kappa shape index (κ1) is 20.1. The number of hydrogen-bond donors (Lipinski definition) is 0. The van der Waals surface area contributed by atoms with Gasteiger partial charge in [-0.05, 0) is 38.3 Å². The van der Waals surface area contributed by atoms with Gasteiger partial charge in [-0.1, -0.05) is 0 Å². The van der Waals surface area contributed by atoms with Crippen LogP contribution in [0.1, 0.15) is 29.8 Å². The van der Waals surface area contributed by atoms with Crippen LogP contribution >= 0.6 is 0 Å². The van der Waals surface area contributed by atoms with Crippen LogP contribution in [0.2, 0.25) is 0 Å². The first-order chi connectivity index (χ1) is 13.0. The van der Waals surface area contributed by atoms with Gasteiger partial charge in [-0.25, -0.2) is 13.4 Å². The Labute approximate surface area is 162 Å². The third-order valence-electron chi connectivity index (χ3n) is 6.02. The Kier molecular flexibility index (Phi) is 4.76. The summed E-state index contributed by atoms with van der Waals surface area (Å²) in [6, 6.07) is 1.32. The highest BCUT2D eigenvalue weighted by Gasteiger charge is 2.56. The molecule has 0 saturated carbocycles. The second kappa shape index (κ2) is 6.65. The first-order valence-corrected chi connectivity index (χ1v) is 10.8. The minimum atomic E-state index is -4.60. The molecule has 3 fully saturated rings. The van der Waals surface area contributed by atoms with E-state index in [2.05, 4.69) is 9.88 Å². The average molecular weight is 419 g/mol. The number of aryl methyl sites for hydroxylation is 2. The van der Waals surface area contributed by atoms with Gasteiger partial charge in [-0.3, -0.25) is 4.90 Å². The molecule has 3 aliphatic heterocycles. The van der Waals surface area contributed by atoms with Crippen LogP contribution in [0.15, 0.2) is 11.0 Å². The number of hydrogen-bond acceptors (Lipinski definition) is 5. The second-order valence-corrected chi connectivity index (χ2v) is 10.1. The van der Waals surface area contributed by atoms with Gasteiger partial charge in [-0.2, -0.15) is 17.5 Å². The fraction of sp³-hybridized carbons (Fsp3) is 0.722. The Balaban J connectivity index is 1.45. The zero-order valence-electron chi connectivity index (χ0n) is 15.9. The molecule has 0 amide bonds. The van der Waals surface area contributed by atoms with Crippen LogP contribution < -0.4 is 0 Å². The van der Waals surface area contributed by atoms with Crippen molar-refractivity contribution in [3.63, 3.8) is 0 Å². The molecule has 10 heteroatoms. The molecule has 3 aliphatic rings. The molecule has 28 heavy (non-hydrogen) atoms. The highest BCUT2D eigenvalue weighted by molar-refractivity contribution is 7.89. The molecular formula is C18H24F3N3O3S. The van der Waals surface area contributed by atoms with Crippen LogP contribution in [-0.4, -0.2) is 68.0 Å². The maximum atomic E-state index is 13.0. The van der Waals surface area contributed by atoms with Crippen LogP contribution in [0.3, 0.4) is 0 Å². The lowest BCUT2D eigenvalue weighted by atomic mass is 9.73. The van der Waals surface area contributed by atoms with Gasteiger partial charge >= 0.3 is 6.18 Å². The molecule has 0 bridgehead atoms. The standard InChI is InChI=1S/C18H24F3N3O3S/c1-12-7-15(18(19,20)21)22-13(2)16(12)28(25,26)24-10-17(11-24)8-23(9-17)14-3-5-27-6-4-14/h7,14H,3-6,8-11H2,1-2H3. The van der Waals surface area contributed by atoms with Gasteiger partial charge in [0.25, 0.3) is 0 Å². The SMILES string of the molecule is Cc1cc(C(F)(F)F)nc(C)c1S(=O)(=O)N1CC2(CN(C3CCOCC3)C2)C1. The molecule has 0 aromatic carbocycles. The van der Waals surface area contributed by atoms with Gasteiger partial charge in [0, 0.05) is 50.8 Å². The number of nitrogens with zero attached hydrogens (tertiary/aromatic N) is 3. The fourth-order valence-electron chi connectivity index (χ4n) is 4.68. The van der Waals surface area contributed by atoms with Crippen molar-refractivity contribution in [2.24, 2.45) is 5.41 Å². The van der Waals surface area contributed by atoms with Crippen molar-refractivity contribution in [2.45, 2.75) is 43.8 Å². The molecule has 3 saturated heterocycles. The van der Waals surface area contributed by atoms with Crippen molar-refractivity contribution < 1.29 is 26.3 Å². The molecule has 0 atom stereocenters. The van der Waals surface area contributed by atoms with E-state index in [9.17, 15) is 21.6 Å². The number of halogens is 3. The quantitative estimate of drug-likeness (QED) is 0.752. The minimum absolute atomic E-state index is 0.0213. The van der Waals surface area contributed by atoms with Crippen LogP contribution in [0.4, 0.5) is 13.2 Å². The summed E-state index contributed by atoms with van der Waals surface area (Å²) >= 11 is 0. The van der Waals surface area contributed by atoms with Crippen molar-refractivity contribution >= 4 is 10.0 Å². The van der Waals surface area contributed by atoms with E-state index in [1.807, 2.05) is 0 Å². The highest BCUT2D eigenvalue weighted by atomic mass is 32.2. The number of aromatic nitrogens is 1. The van der Waals surface area contributed by atoms with E-state index in [0.717, 1.165) is 45.2 Å². The molecule has 0 aliphatic carbocycles. The largest absolute Gasteiger partial charge is 0.433 e. The summed E-state index contributed by atoms with van der Waals surface area (Å²) in [7, 11) is -3.85. The molecule has 6 nitrogen and oxygen atoms in total. The summed E-state index contributed by atoms with van der Waals surface area (Å²) in [5.41, 5.74) is -1.11. The van der Waals surface area contributed by atoms with Gasteiger partial charge in [-0.15, -0.1) is 0 Å². The van der Waals surface area contributed by atoms with E-state index in [-0.39, 0.29) is 21.6 Å². The van der Waals surface area contributed by atoms with E-state index in [4.69, 9.17) is 4.74 Å². The minimum Gasteiger partial charge on any atom is -0.381 e. The lowest BCUT2D eigenvalue weighted by Gasteiger charge is -2.61. The fourth-order valence-corrected chi connectivity index (χ4v) is 6.71. The Morgan fingerprint density at radius 2 is 1.75 bits per heavy atom. The average Bonchev–Trinajstić information content (AvgIpc) is 2.51. The molecule has 156 valence electrons. The third-order valence-corrected chi connectivity index (χ3v) is 8.10. The van der Waals surface area contributed by atoms with E-state index in [1.54, 1.807) is 0 Å². The zero-order valence-corrected chi connectivity index (χ0v) is 16.7. The van der Waals surface area contributed by atoms with E-state index < -0.39 is 21.9 Å². The Bertz CT molecular complexity index is 845. The number of alkyl halides is 3. The van der Waals surface area contributed by atoms with E-state index in [1.165, 1.54) is 18.2 Å². The van der Waals surface area contributed by atoms with Gasteiger partial charge in [0.05, 0.1) is 5.69 Å². The molecule has 4 rings (SSSR count). The number of rotatable bonds is 3. The zero-order chi connectivity index (χ0) is 20.3. The molecule has 0 unspecified atom stereocenters. The summed E-state index contributed by atoms with van der Waals surface area (Å²) in [6.07, 6.45) is -2.58. The number of ether oxygens (including phenoxy) is 1. The summed E-state index contributed by atoms with van der Waals surface area (Å²) in [5.74, 6) is 0. The molecular weight excluding hydrogens is 395 g/mol. The smallest absolute Gasteiger partial charge is 0.381 e. The molecule has 0 N–H and O–H groups in total. The monoisotopic (exact) mass is 419 g/mol. The Hall–Kier alpha value is -1.23. The van der Waals surface area contributed by atoms with Crippen molar-refractivity contribution in [1.82, 2.24) is 14.2 Å². The van der Waals surface area contributed by atoms with Crippen molar-refractivity contribution in [3.8, 4) is 0 Å². The second-order valence-electron chi connectivity index (χ2n) is 8.26. The van der Waals surface area contributed by atoms with Crippen LogP contribution in [0.25, 0.3) is 0 Å².